The van der Waals surface area contributed by atoms with E-state index in [0.717, 1.165) is 82.8 Å². The average molecular weight is 577 g/mol. The molecule has 1 aromatic rings. The molecule has 2 aliphatic carbocycles. The van der Waals surface area contributed by atoms with Crippen LogP contribution in [0.4, 0.5) is 5.82 Å². The molecule has 0 radical (unpaired) electrons. The lowest BCUT2D eigenvalue weighted by Crippen LogP contribution is -2.50. The minimum Gasteiger partial charge on any atom is -0.491 e. The number of amides is 1. The fourth-order valence-electron chi connectivity index (χ4n) is 7.04. The van der Waals surface area contributed by atoms with Gasteiger partial charge in [0.1, 0.15) is 5.76 Å². The second kappa shape index (κ2) is 13.1. The minimum absolute atomic E-state index is 0.0967. The summed E-state index contributed by atoms with van der Waals surface area (Å²) in [7, 11) is 0. The molecular weight excluding hydrogens is 528 g/mol. The molecule has 1 aromatic heterocycles. The summed E-state index contributed by atoms with van der Waals surface area (Å²) in [6.07, 6.45) is 11.1. The fraction of sp³-hybridized carbons (Fsp3) is 0.697. The van der Waals surface area contributed by atoms with Gasteiger partial charge in [-0.05, 0) is 93.4 Å². The van der Waals surface area contributed by atoms with Crippen molar-refractivity contribution in [2.24, 2.45) is 29.1 Å². The number of nitriles is 1. The fourth-order valence-corrected chi connectivity index (χ4v) is 7.04. The zero-order valence-electron chi connectivity index (χ0n) is 25.7. The molecule has 4 aliphatic rings. The van der Waals surface area contributed by atoms with Crippen LogP contribution < -0.4 is 10.2 Å². The van der Waals surface area contributed by atoms with E-state index in [1.807, 2.05) is 38.1 Å². The number of aliphatic hydroxyl groups excluding tert-OH is 1. The van der Waals surface area contributed by atoms with Crippen molar-refractivity contribution in [3.63, 3.8) is 0 Å². The predicted octanol–water partition coefficient (Wildman–Crippen LogP) is 4.32. The number of nitrogens with zero attached hydrogens (tertiary/aromatic N) is 5. The van der Waals surface area contributed by atoms with Crippen LogP contribution in [0.1, 0.15) is 76.7 Å². The van der Waals surface area contributed by atoms with E-state index in [-0.39, 0.29) is 30.1 Å². The molecule has 2 aliphatic heterocycles. The first-order chi connectivity index (χ1) is 20.1. The van der Waals surface area contributed by atoms with Crippen LogP contribution in [0, 0.1) is 40.4 Å². The van der Waals surface area contributed by atoms with Crippen molar-refractivity contribution in [1.29, 1.82) is 5.26 Å². The van der Waals surface area contributed by atoms with Gasteiger partial charge in [0.05, 0.1) is 23.7 Å². The van der Waals surface area contributed by atoms with Gasteiger partial charge >= 0.3 is 0 Å². The third-order valence-corrected chi connectivity index (χ3v) is 10.2. The van der Waals surface area contributed by atoms with Crippen molar-refractivity contribution in [2.45, 2.75) is 84.5 Å². The molecule has 0 aromatic carbocycles. The molecule has 0 spiro atoms. The number of hydrogen-bond donors (Lipinski definition) is 2. The molecule has 5 rings (SSSR count). The topological polar surface area (TPSA) is 115 Å². The summed E-state index contributed by atoms with van der Waals surface area (Å²) in [5.74, 6) is 3.27. The highest BCUT2D eigenvalue weighted by atomic mass is 16.5. The Morgan fingerprint density at radius 3 is 2.38 bits per heavy atom. The van der Waals surface area contributed by atoms with Crippen molar-refractivity contribution in [1.82, 2.24) is 20.4 Å². The van der Waals surface area contributed by atoms with Gasteiger partial charge in [0.25, 0.3) is 5.91 Å². The summed E-state index contributed by atoms with van der Waals surface area (Å²) in [6.45, 7) is 13.6. The Hall–Kier alpha value is -2.96. The number of aromatic nitrogens is 2. The summed E-state index contributed by atoms with van der Waals surface area (Å²) < 4.78 is 6.23. The summed E-state index contributed by atoms with van der Waals surface area (Å²) >= 11 is 0. The second-order valence-corrected chi connectivity index (χ2v) is 13.5. The zero-order valence-corrected chi connectivity index (χ0v) is 25.7. The Balaban J connectivity index is 1.07. The normalized spacial score (nSPS) is 34.4. The third kappa shape index (κ3) is 7.15. The van der Waals surface area contributed by atoms with Gasteiger partial charge in [0.2, 0.25) is 0 Å². The predicted molar refractivity (Wildman–Crippen MR) is 162 cm³/mol. The van der Waals surface area contributed by atoms with Crippen molar-refractivity contribution >= 4 is 11.7 Å². The highest BCUT2D eigenvalue weighted by molar-refractivity contribution is 5.92. The molecule has 2 N–H and O–H groups in total. The number of anilines is 1. The lowest BCUT2D eigenvalue weighted by atomic mass is 9.76. The van der Waals surface area contributed by atoms with E-state index in [4.69, 9.17) is 4.74 Å². The van der Waals surface area contributed by atoms with E-state index in [1.165, 1.54) is 0 Å². The van der Waals surface area contributed by atoms with Crippen LogP contribution in [0.3, 0.4) is 0 Å². The number of likely N-dealkylation sites (tertiary alicyclic amines) is 1. The minimum atomic E-state index is -0.483. The zero-order chi connectivity index (χ0) is 29.9. The third-order valence-electron chi connectivity index (χ3n) is 10.2. The molecule has 3 fully saturated rings. The Morgan fingerprint density at radius 1 is 1.10 bits per heavy atom. The molecule has 9 heteroatoms. The molecule has 9 nitrogen and oxygen atoms in total. The highest BCUT2D eigenvalue weighted by Crippen LogP contribution is 2.36. The van der Waals surface area contributed by atoms with Crippen molar-refractivity contribution in [2.75, 3.05) is 37.6 Å². The molecule has 3 heterocycles. The van der Waals surface area contributed by atoms with Crippen LogP contribution in [0.15, 0.2) is 36.1 Å². The number of ether oxygens (including phenoxy) is 1. The van der Waals surface area contributed by atoms with Crippen LogP contribution in [0.2, 0.25) is 0 Å². The Bertz CT molecular complexity index is 1170. The standard InChI is InChI=1S/C33H48N6O3/c1-22-18-39(19-23(2)29(22)20-38-15-12-26(40)13-16-38)31-10-9-30(36-37-31)32(41)35-25-5-7-27(8-6-25)42-28-11-14-33(4,21-34)24(3)17-28/h9-11,14,17,22-27,29,40H,5-8,12-13,15-16,18-20H2,1-4H3,(H,35,41)/t22-,23+,24?,25?,27?,29?,33?. The maximum atomic E-state index is 13.0. The Kier molecular flexibility index (Phi) is 9.54. The van der Waals surface area contributed by atoms with E-state index in [2.05, 4.69) is 45.2 Å². The number of piperidine rings is 2. The maximum Gasteiger partial charge on any atom is 0.272 e. The molecular formula is C33H48N6O3. The number of nitrogens with one attached hydrogen (secondary N) is 1. The van der Waals surface area contributed by atoms with E-state index in [1.54, 1.807) is 6.07 Å². The second-order valence-electron chi connectivity index (χ2n) is 13.5. The molecule has 2 saturated heterocycles. The summed E-state index contributed by atoms with van der Waals surface area (Å²) in [6, 6.07) is 6.21. The van der Waals surface area contributed by atoms with Crippen LogP contribution in [-0.4, -0.2) is 77.1 Å². The molecule has 5 atom stereocenters. The average Bonchev–Trinajstić information content (AvgIpc) is 2.99. The summed E-state index contributed by atoms with van der Waals surface area (Å²) in [5.41, 5.74) is -0.129. The molecule has 1 amide bonds. The van der Waals surface area contributed by atoms with Crippen molar-refractivity contribution in [3.05, 3.63) is 41.8 Å². The molecule has 0 bridgehead atoms. The van der Waals surface area contributed by atoms with Gasteiger partial charge in [-0.2, -0.15) is 5.26 Å². The Labute approximate surface area is 251 Å². The lowest BCUT2D eigenvalue weighted by Gasteiger charge is -2.44. The molecule has 42 heavy (non-hydrogen) atoms. The number of carbonyl (C=O) groups excluding carboxylic acids is 1. The van der Waals surface area contributed by atoms with Crippen LogP contribution in [0.25, 0.3) is 0 Å². The van der Waals surface area contributed by atoms with E-state index < -0.39 is 5.41 Å². The molecule has 3 unspecified atom stereocenters. The number of hydrogen-bond acceptors (Lipinski definition) is 8. The van der Waals surface area contributed by atoms with Gasteiger partial charge < -0.3 is 25.0 Å². The van der Waals surface area contributed by atoms with Gasteiger partial charge in [-0.1, -0.05) is 26.8 Å². The highest BCUT2D eigenvalue weighted by Gasteiger charge is 2.35. The van der Waals surface area contributed by atoms with Crippen LogP contribution in [-0.2, 0) is 4.74 Å². The SMILES string of the molecule is CC1C=C(OC2CCC(NC(=O)c3ccc(N4C[C@@H](C)C(CN5CCC(O)CC5)[C@@H](C)C4)nn3)CC2)C=CC1(C)C#N. The molecule has 228 valence electrons. The number of aliphatic hydroxyl groups is 1. The van der Waals surface area contributed by atoms with E-state index >= 15 is 0 Å². The monoisotopic (exact) mass is 576 g/mol. The van der Waals surface area contributed by atoms with Gasteiger partial charge in [0.15, 0.2) is 11.5 Å². The van der Waals surface area contributed by atoms with E-state index in [0.29, 0.717) is 23.4 Å². The first-order valence-corrected chi connectivity index (χ1v) is 15.9. The van der Waals surface area contributed by atoms with Crippen molar-refractivity contribution in [3.8, 4) is 6.07 Å². The van der Waals surface area contributed by atoms with E-state index in [9.17, 15) is 15.2 Å². The van der Waals surface area contributed by atoms with Gasteiger partial charge in [0, 0.05) is 38.8 Å². The van der Waals surface area contributed by atoms with Gasteiger partial charge in [-0.25, -0.2) is 0 Å². The smallest absolute Gasteiger partial charge is 0.272 e. The van der Waals surface area contributed by atoms with Crippen LogP contribution in [0.5, 0.6) is 0 Å². The largest absolute Gasteiger partial charge is 0.491 e. The lowest BCUT2D eigenvalue weighted by molar-refractivity contribution is 0.0578. The number of allylic oxidation sites excluding steroid dienone is 3. The molecule has 1 saturated carbocycles. The first kappa shape index (κ1) is 30.5. The quantitative estimate of drug-likeness (QED) is 0.493. The van der Waals surface area contributed by atoms with Gasteiger partial charge in [-0.3, -0.25) is 4.79 Å². The number of carbonyl (C=O) groups is 1. The van der Waals surface area contributed by atoms with Crippen molar-refractivity contribution < 1.29 is 14.6 Å². The maximum absolute atomic E-state index is 13.0. The summed E-state index contributed by atoms with van der Waals surface area (Å²) in [4.78, 5) is 17.8. The van der Waals surface area contributed by atoms with Crippen LogP contribution >= 0.6 is 0 Å². The number of rotatable bonds is 7. The summed E-state index contributed by atoms with van der Waals surface area (Å²) in [5, 5.41) is 31.2. The Morgan fingerprint density at radius 2 is 1.79 bits per heavy atom. The first-order valence-electron chi connectivity index (χ1n) is 15.9. The van der Waals surface area contributed by atoms with Gasteiger partial charge in [-0.15, -0.1) is 10.2 Å².